The minimum absolute atomic E-state index is 0.00589. The van der Waals surface area contributed by atoms with Crippen LogP contribution in [0.1, 0.15) is 167 Å². The normalized spacial score (nSPS) is 27.9. The summed E-state index contributed by atoms with van der Waals surface area (Å²) in [6, 6.07) is 10.3. The van der Waals surface area contributed by atoms with E-state index in [2.05, 4.69) is 43.4 Å². The van der Waals surface area contributed by atoms with Crippen LogP contribution in [0.2, 0.25) is 0 Å². The average molecular weight is 1870 g/mol. The molecule has 0 spiro atoms. The number of aliphatic hydroxyl groups excluding tert-OH is 3. The van der Waals surface area contributed by atoms with Gasteiger partial charge in [0.25, 0.3) is 17.7 Å². The summed E-state index contributed by atoms with van der Waals surface area (Å²) in [6.07, 6.45) is 12.2. The van der Waals surface area contributed by atoms with Gasteiger partial charge in [-0.2, -0.15) is 10.1 Å². The lowest BCUT2D eigenvalue weighted by molar-refractivity contribution is -0.265. The Labute approximate surface area is 785 Å². The maximum Gasteiger partial charge on any atom is 0.407 e. The summed E-state index contributed by atoms with van der Waals surface area (Å²) in [7, 11) is 3.08. The number of Topliss-reactive ketones (excluding diaryl/α,β-unsaturated/α-hetero) is 2. The van der Waals surface area contributed by atoms with Crippen LogP contribution in [0.5, 0.6) is 0 Å². The first-order chi connectivity index (χ1) is 64.6. The largest absolute Gasteiger partial charge is 0.459 e. The molecule has 7 aliphatic rings. The number of fused-ring (bicyclic) bond motifs is 6. The number of oxazole rings is 1. The fourth-order valence-corrected chi connectivity index (χ4v) is 19.6. The molecule has 2 bridgehead atoms. The van der Waals surface area contributed by atoms with Crippen molar-refractivity contribution in [2.24, 2.45) is 41.2 Å². The summed E-state index contributed by atoms with van der Waals surface area (Å²) in [6.45, 7) is 19.6. The molecule has 16 atom stereocenters. The number of nitrogen functional groups attached to an aromatic ring is 2. The number of amides is 4. The van der Waals surface area contributed by atoms with Crippen molar-refractivity contribution >= 4 is 75.3 Å². The van der Waals surface area contributed by atoms with Gasteiger partial charge < -0.3 is 119 Å². The van der Waals surface area contributed by atoms with Crippen LogP contribution in [0.4, 0.5) is 16.6 Å². The van der Waals surface area contributed by atoms with Crippen molar-refractivity contribution in [2.75, 3.05) is 151 Å². The molecule has 2 aromatic carbocycles. The maximum atomic E-state index is 14.7. The molecule has 5 aromatic rings. The van der Waals surface area contributed by atoms with Crippen molar-refractivity contribution in [1.82, 2.24) is 49.6 Å². The predicted molar refractivity (Wildman–Crippen MR) is 498 cm³/mol. The summed E-state index contributed by atoms with van der Waals surface area (Å²) < 4.78 is 71.4. The number of nitrogens with one attached hydrogen (secondary N) is 1. The van der Waals surface area contributed by atoms with Crippen LogP contribution in [0, 0.1) is 35.5 Å². The molecule has 4 amide bonds. The van der Waals surface area contributed by atoms with E-state index >= 15 is 0 Å². The third-order valence-corrected chi connectivity index (χ3v) is 27.6. The highest BCUT2D eigenvalue weighted by Crippen LogP contribution is 2.40. The fourth-order valence-electron chi connectivity index (χ4n) is 19.6. The van der Waals surface area contributed by atoms with Crippen molar-refractivity contribution in [3.63, 3.8) is 0 Å². The first-order valence-corrected chi connectivity index (χ1v) is 48.1. The monoisotopic (exact) mass is 1870 g/mol. The van der Waals surface area contributed by atoms with Gasteiger partial charge >= 0.3 is 12.1 Å². The molecule has 4 saturated heterocycles. The number of anilines is 2. The molecule has 0 unspecified atom stereocenters. The zero-order chi connectivity index (χ0) is 95.5. The van der Waals surface area contributed by atoms with Crippen molar-refractivity contribution in [2.45, 2.75) is 243 Å². The predicted octanol–water partition coefficient (Wildman–Crippen LogP) is 7.68. The second-order valence-electron chi connectivity index (χ2n) is 37.2. The number of carbonyl (C=O) groups is 7. The van der Waals surface area contributed by atoms with Gasteiger partial charge in [-0.05, 0) is 181 Å². The van der Waals surface area contributed by atoms with E-state index < -0.39 is 114 Å². The number of piperidine rings is 3. The summed E-state index contributed by atoms with van der Waals surface area (Å²) in [5, 5.41) is 55.0. The topological polar surface area (TPSA) is 475 Å². The van der Waals surface area contributed by atoms with Gasteiger partial charge in [0.2, 0.25) is 17.6 Å². The van der Waals surface area contributed by atoms with Crippen LogP contribution in [0.25, 0.3) is 33.4 Å². The van der Waals surface area contributed by atoms with Gasteiger partial charge in [-0.1, -0.05) is 82.4 Å². The molecule has 134 heavy (non-hydrogen) atoms. The molecule has 36 heteroatoms. The molecular formula is C98H143N13O23. The molecule has 738 valence electrons. The van der Waals surface area contributed by atoms with Crippen LogP contribution < -0.4 is 22.5 Å². The number of benzene rings is 2. The Morgan fingerprint density at radius 1 is 0.687 bits per heavy atom. The molecule has 1 aliphatic carbocycles. The Morgan fingerprint density at radius 2 is 1.39 bits per heavy atom. The van der Waals surface area contributed by atoms with Crippen LogP contribution >= 0.6 is 0 Å². The number of hydrogen-bond donors (Lipinski definition) is 8. The number of aromatic nitrogens is 5. The van der Waals surface area contributed by atoms with Crippen molar-refractivity contribution in [3.8, 4) is 11.3 Å². The molecule has 12 rings (SSSR count). The quantitative estimate of drug-likeness (QED) is 0.00885. The van der Waals surface area contributed by atoms with Crippen LogP contribution in [0.15, 0.2) is 94.7 Å². The number of allylic oxidation sites excluding steroid dienone is 5. The molecule has 5 fully saturated rings. The lowest BCUT2D eigenvalue weighted by atomic mass is 9.80. The number of carbonyl (C=O) groups excluding carboxylic acids is 7. The van der Waals surface area contributed by atoms with E-state index in [-0.39, 0.29) is 93.1 Å². The highest BCUT2D eigenvalue weighted by atomic mass is 16.6. The Morgan fingerprint density at radius 3 is 2.09 bits per heavy atom. The zero-order valence-corrected chi connectivity index (χ0v) is 79.2. The summed E-state index contributed by atoms with van der Waals surface area (Å²) in [5.74, 6) is -7.84. The maximum absolute atomic E-state index is 14.7. The third-order valence-electron chi connectivity index (χ3n) is 27.6. The molecular weight excluding hydrogens is 1730 g/mol. The van der Waals surface area contributed by atoms with E-state index in [1.807, 2.05) is 76.9 Å². The minimum atomic E-state index is -2.50. The number of nitrogens with zero attached hydrogens (tertiary/aromatic N) is 9. The van der Waals surface area contributed by atoms with Gasteiger partial charge in [0.1, 0.15) is 53.8 Å². The smallest absolute Gasteiger partial charge is 0.407 e. The lowest BCUT2D eigenvalue weighted by Gasteiger charge is -2.42. The van der Waals surface area contributed by atoms with Gasteiger partial charge in [-0.15, -0.1) is 0 Å². The molecule has 36 nitrogen and oxygen atoms in total. The van der Waals surface area contributed by atoms with E-state index in [9.17, 15) is 54.0 Å². The second kappa shape index (κ2) is 50.8. The Balaban J connectivity index is 0.479. The van der Waals surface area contributed by atoms with Gasteiger partial charge in [-0.25, -0.2) is 24.2 Å². The second-order valence-corrected chi connectivity index (χ2v) is 37.2. The first kappa shape index (κ1) is 104. The Bertz CT molecular complexity index is 4810. The standard InChI is InChI=1S/C98H143N13O23/c1-61-14-10-9-11-15-62(2)81(123-7)56-74-22-17-66(6)98(122,134-74)90(117)94(119)110-32-13-12-16-77(110)95(120)131-82(57-78(112)63(3)51-65(5)88(115)89(116)87(114)64(4)50-61)75(99)53-67-19-23-80(83(54-67)124-8)133-97(121)102-31-39-126-41-43-128-45-47-130-49-48-129-46-44-127-42-40-125-38-30-84(113)108-36-28-73(29-37-108)107-33-25-69(26-34-107)93(118)109-35-27-70-52-68(18-20-72(70)59-109)58-111-92-85(91(100)103-60-104-92)86(106-111)71-21-24-79-76(55-71)105-96(101)132-79/h9-11,14-15,18,20-21,24,51-52,55,60-61,63-64,66-67,69,73-75,77-78,80-83,88-89,112,115-116,122H,12-13,16-17,19,22-23,25-50,53-54,56-59,99H2,1-8H3,(H2,101,105)(H,102,121)(H2,100,103,104)/b11-9?,14-10+,62-15?,65-51+/t61-,63-,64-,66-,67+,74+,75-,77+,78-,80-,81+,82+,83-,88-,89+,98-/m1/s1. The van der Waals surface area contributed by atoms with E-state index in [4.69, 9.17) is 78.8 Å². The van der Waals surface area contributed by atoms with E-state index in [0.29, 0.717) is 196 Å². The summed E-state index contributed by atoms with van der Waals surface area (Å²) in [5.41, 5.74) is 27.1. The molecule has 0 radical (unpaired) electrons. The number of likely N-dealkylation sites (tertiary alicyclic amines) is 2. The van der Waals surface area contributed by atoms with Crippen LogP contribution in [0.3, 0.4) is 0 Å². The molecule has 6 aliphatic heterocycles. The SMILES string of the molecule is CO[C@H]1C[C@@H]2CC[C@@H](C)[C@@](O)(O2)C(=O)C(=O)N2CCCC[C@H]2C(=O)O[C@H]([C@H](N)C[C@@H]2CC[C@@H](OC(=O)NCCOCCOCCOCCOCCOCCOCCC(=O)N3CCC(N4CCC(C(=O)N5CCc6cc(Cn7nc(-c8ccc9oc(N)nc9c8)c8c(N)ncnc87)ccc6C5)CC4)CC3)[C@H](OC)C2)C[C@@H](O)[C@H](C)/C=C(\C)[C@@H](O)[C@@H](O)C(=O)[C@H](C)C[C@H](C)/C=C/C=CC=C1C. The number of rotatable bonds is 32. The first-order valence-electron chi connectivity index (χ1n) is 48.1. The Kier molecular flexibility index (Phi) is 39.4. The molecule has 11 N–H and O–H groups in total. The summed E-state index contributed by atoms with van der Waals surface area (Å²) >= 11 is 0. The van der Waals surface area contributed by atoms with Crippen LogP contribution in [-0.4, -0.2) is 318 Å². The van der Waals surface area contributed by atoms with Gasteiger partial charge in [-0.3, -0.25) is 24.0 Å². The van der Waals surface area contributed by atoms with Gasteiger partial charge in [0.05, 0.1) is 122 Å². The number of aliphatic hydroxyl groups is 4. The van der Waals surface area contributed by atoms with Gasteiger partial charge in [0.15, 0.2) is 17.0 Å². The lowest BCUT2D eigenvalue weighted by Crippen LogP contribution is -2.61. The molecule has 3 aromatic heterocycles. The number of ether oxygens (including phenoxy) is 11. The van der Waals surface area contributed by atoms with E-state index in [1.54, 1.807) is 40.9 Å². The number of esters is 1. The average Bonchev–Trinajstić information content (AvgIpc) is 1.56. The number of cyclic esters (lactones) is 1. The highest BCUT2D eigenvalue weighted by Gasteiger charge is 2.54. The van der Waals surface area contributed by atoms with Crippen molar-refractivity contribution in [1.29, 1.82) is 0 Å². The van der Waals surface area contributed by atoms with Crippen molar-refractivity contribution in [3.05, 3.63) is 107 Å². The zero-order valence-electron chi connectivity index (χ0n) is 79.2. The number of hydrogen-bond acceptors (Lipinski definition) is 31. The molecule has 1 saturated carbocycles. The van der Waals surface area contributed by atoms with Gasteiger partial charge in [0, 0.05) is 108 Å². The number of alkyl carbamates (subject to hydrolysis) is 1. The number of methoxy groups -OCH3 is 2. The fraction of sp³-hybridized carbons (Fsp3) is 0.663. The highest BCUT2D eigenvalue weighted by molar-refractivity contribution is 6.39. The summed E-state index contributed by atoms with van der Waals surface area (Å²) in [4.78, 5) is 118. The van der Waals surface area contributed by atoms with Crippen LogP contribution in [-0.2, 0) is 100 Å². The third kappa shape index (κ3) is 28.3. The van der Waals surface area contributed by atoms with E-state index in [0.717, 1.165) is 72.4 Å². The molecule has 9 heterocycles. The number of ketones is 2. The van der Waals surface area contributed by atoms with Crippen molar-refractivity contribution < 1.29 is 111 Å². The minimum Gasteiger partial charge on any atom is -0.459 e. The number of nitrogens with two attached hydrogens (primary N) is 3. The van der Waals surface area contributed by atoms with E-state index in [1.165, 1.54) is 19.0 Å². The Hall–Kier alpha value is -9.09.